The van der Waals surface area contributed by atoms with E-state index in [0.717, 1.165) is 22.3 Å². The number of fused-ring (bicyclic) bond motifs is 1. The van der Waals surface area contributed by atoms with Crippen molar-refractivity contribution < 1.29 is 9.53 Å². The maximum atomic E-state index is 11.2. The van der Waals surface area contributed by atoms with Crippen molar-refractivity contribution in [1.29, 1.82) is 0 Å². The lowest BCUT2D eigenvalue weighted by Gasteiger charge is -2.08. The van der Waals surface area contributed by atoms with Gasteiger partial charge in [0, 0.05) is 25.2 Å². The van der Waals surface area contributed by atoms with Crippen LogP contribution in [0.1, 0.15) is 5.69 Å². The van der Waals surface area contributed by atoms with Crippen LogP contribution in [0, 0.1) is 6.92 Å². The lowest BCUT2D eigenvalue weighted by atomic mass is 10.2. The zero-order valence-electron chi connectivity index (χ0n) is 10.3. The summed E-state index contributed by atoms with van der Waals surface area (Å²) < 4.78 is 7.60. The van der Waals surface area contributed by atoms with Gasteiger partial charge in [0.1, 0.15) is 5.75 Å². The van der Waals surface area contributed by atoms with Gasteiger partial charge in [-0.05, 0) is 19.1 Å². The van der Waals surface area contributed by atoms with E-state index in [9.17, 15) is 4.79 Å². The molecule has 17 heavy (non-hydrogen) atoms. The average Bonchev–Trinajstić information content (AvgIpc) is 2.63. The number of nitrogens with zero attached hydrogens (tertiary/aromatic N) is 1. The monoisotopic (exact) mass is 232 g/mol. The van der Waals surface area contributed by atoms with E-state index in [1.54, 1.807) is 7.05 Å². The molecule has 1 N–H and O–H groups in total. The Labute approximate surface area is 100 Å². The first kappa shape index (κ1) is 11.5. The molecule has 0 atom stereocenters. The Morgan fingerprint density at radius 2 is 2.24 bits per heavy atom. The minimum Gasteiger partial charge on any atom is -0.482 e. The second kappa shape index (κ2) is 4.49. The first-order valence-electron chi connectivity index (χ1n) is 5.52. The van der Waals surface area contributed by atoms with Gasteiger partial charge in [-0.2, -0.15) is 0 Å². The number of aromatic nitrogens is 1. The molecule has 0 unspecified atom stereocenters. The van der Waals surface area contributed by atoms with E-state index in [-0.39, 0.29) is 12.5 Å². The van der Waals surface area contributed by atoms with E-state index in [1.165, 1.54) is 0 Å². The second-order valence-corrected chi connectivity index (χ2v) is 4.00. The summed E-state index contributed by atoms with van der Waals surface area (Å²) in [6, 6.07) is 7.95. The number of rotatable bonds is 3. The van der Waals surface area contributed by atoms with Gasteiger partial charge >= 0.3 is 0 Å². The van der Waals surface area contributed by atoms with Crippen LogP contribution in [0.25, 0.3) is 10.9 Å². The zero-order chi connectivity index (χ0) is 12.4. The molecule has 0 aliphatic heterocycles. The van der Waals surface area contributed by atoms with Gasteiger partial charge in [0.2, 0.25) is 0 Å². The number of aryl methyl sites for hydroxylation is 2. The fourth-order valence-corrected chi connectivity index (χ4v) is 1.84. The lowest BCUT2D eigenvalue weighted by Crippen LogP contribution is -2.24. The van der Waals surface area contributed by atoms with Crippen molar-refractivity contribution in [3.63, 3.8) is 0 Å². The summed E-state index contributed by atoms with van der Waals surface area (Å²) in [6.45, 7) is 2.09. The molecule has 1 heterocycles. The van der Waals surface area contributed by atoms with E-state index in [0.29, 0.717) is 0 Å². The van der Waals surface area contributed by atoms with Gasteiger partial charge in [-0.1, -0.05) is 12.1 Å². The summed E-state index contributed by atoms with van der Waals surface area (Å²) >= 11 is 0. The highest BCUT2D eigenvalue weighted by atomic mass is 16.5. The van der Waals surface area contributed by atoms with Crippen LogP contribution in [0.5, 0.6) is 5.75 Å². The van der Waals surface area contributed by atoms with E-state index in [4.69, 9.17) is 4.74 Å². The number of nitrogens with one attached hydrogen (secondary N) is 1. The number of hydrogen-bond acceptors (Lipinski definition) is 2. The topological polar surface area (TPSA) is 43.3 Å². The van der Waals surface area contributed by atoms with Crippen LogP contribution >= 0.6 is 0 Å². The molecular formula is C13H16N2O2. The fourth-order valence-electron chi connectivity index (χ4n) is 1.84. The summed E-state index contributed by atoms with van der Waals surface area (Å²) in [7, 11) is 3.59. The highest BCUT2D eigenvalue weighted by Crippen LogP contribution is 2.27. The van der Waals surface area contributed by atoms with E-state index in [2.05, 4.69) is 16.0 Å². The van der Waals surface area contributed by atoms with Crippen molar-refractivity contribution in [3.8, 4) is 5.75 Å². The normalized spacial score (nSPS) is 10.5. The summed E-state index contributed by atoms with van der Waals surface area (Å²) in [5.74, 6) is 0.606. The summed E-state index contributed by atoms with van der Waals surface area (Å²) in [6.07, 6.45) is 0. The molecular weight excluding hydrogens is 216 g/mol. The van der Waals surface area contributed by atoms with E-state index >= 15 is 0 Å². The molecule has 0 saturated carbocycles. The number of hydrogen-bond donors (Lipinski definition) is 1. The molecule has 1 aromatic heterocycles. The summed E-state index contributed by atoms with van der Waals surface area (Å²) in [4.78, 5) is 11.2. The number of likely N-dealkylation sites (N-methyl/N-ethyl adjacent to an activating group) is 1. The van der Waals surface area contributed by atoms with Crippen LogP contribution in [0.2, 0.25) is 0 Å². The fraction of sp³-hybridized carbons (Fsp3) is 0.308. The first-order valence-corrected chi connectivity index (χ1v) is 5.52. The van der Waals surface area contributed by atoms with Gasteiger partial charge in [0.05, 0.1) is 5.52 Å². The predicted octanol–water partition coefficient (Wildman–Crippen LogP) is 1.61. The molecule has 1 aromatic carbocycles. The third-order valence-corrected chi connectivity index (χ3v) is 2.90. The van der Waals surface area contributed by atoms with Crippen molar-refractivity contribution in [3.05, 3.63) is 30.0 Å². The van der Waals surface area contributed by atoms with Crippen molar-refractivity contribution in [2.45, 2.75) is 6.92 Å². The van der Waals surface area contributed by atoms with Crippen molar-refractivity contribution in [1.82, 2.24) is 9.88 Å². The van der Waals surface area contributed by atoms with Gasteiger partial charge in [0.25, 0.3) is 5.91 Å². The minimum absolute atomic E-state index is 0.0415. The Balaban J connectivity index is 2.37. The number of para-hydroxylation sites is 1. The Hall–Kier alpha value is -1.97. The smallest absolute Gasteiger partial charge is 0.257 e. The average molecular weight is 232 g/mol. The Morgan fingerprint density at radius 1 is 1.47 bits per heavy atom. The molecule has 0 aliphatic rings. The van der Waals surface area contributed by atoms with Crippen LogP contribution in [0.15, 0.2) is 24.3 Å². The van der Waals surface area contributed by atoms with Crippen LogP contribution in [-0.2, 0) is 11.8 Å². The van der Waals surface area contributed by atoms with Crippen LogP contribution < -0.4 is 10.1 Å². The number of carbonyl (C=O) groups excluding carboxylic acids is 1. The molecule has 2 rings (SSSR count). The Morgan fingerprint density at radius 3 is 2.94 bits per heavy atom. The van der Waals surface area contributed by atoms with Crippen molar-refractivity contribution in [2.24, 2.45) is 7.05 Å². The Kier molecular flexibility index (Phi) is 3.04. The summed E-state index contributed by atoms with van der Waals surface area (Å²) in [5, 5.41) is 3.66. The molecule has 2 aromatic rings. The zero-order valence-corrected chi connectivity index (χ0v) is 10.3. The van der Waals surface area contributed by atoms with Crippen LogP contribution in [-0.4, -0.2) is 24.1 Å². The summed E-state index contributed by atoms with van der Waals surface area (Å²) in [5.41, 5.74) is 2.19. The predicted molar refractivity (Wildman–Crippen MR) is 67.2 cm³/mol. The van der Waals surface area contributed by atoms with E-state index in [1.807, 2.05) is 32.2 Å². The van der Waals surface area contributed by atoms with E-state index < -0.39 is 0 Å². The van der Waals surface area contributed by atoms with Gasteiger partial charge in [-0.3, -0.25) is 4.79 Å². The van der Waals surface area contributed by atoms with Crippen molar-refractivity contribution >= 4 is 16.8 Å². The molecule has 0 radical (unpaired) electrons. The van der Waals surface area contributed by atoms with Gasteiger partial charge < -0.3 is 14.6 Å². The molecule has 4 heteroatoms. The van der Waals surface area contributed by atoms with Crippen LogP contribution in [0.3, 0.4) is 0 Å². The van der Waals surface area contributed by atoms with Crippen molar-refractivity contribution in [2.75, 3.05) is 13.7 Å². The highest BCUT2D eigenvalue weighted by molar-refractivity contribution is 5.87. The molecule has 0 aliphatic carbocycles. The number of carbonyl (C=O) groups is 1. The number of benzene rings is 1. The first-order chi connectivity index (χ1) is 8.13. The maximum Gasteiger partial charge on any atom is 0.257 e. The minimum atomic E-state index is -0.132. The maximum absolute atomic E-state index is 11.2. The molecule has 4 nitrogen and oxygen atoms in total. The standard InChI is InChI=1S/C13H16N2O2/c1-9-7-10-5-4-6-11(13(10)15(9)3)17-8-12(16)14-2/h4-7H,8H2,1-3H3,(H,14,16). The number of ether oxygens (including phenoxy) is 1. The SMILES string of the molecule is CNC(=O)COc1cccc2cc(C)n(C)c12. The highest BCUT2D eigenvalue weighted by Gasteiger charge is 2.09. The quantitative estimate of drug-likeness (QED) is 0.873. The largest absolute Gasteiger partial charge is 0.482 e. The molecule has 0 fully saturated rings. The molecule has 90 valence electrons. The third kappa shape index (κ3) is 2.11. The Bertz CT molecular complexity index is 558. The molecule has 0 spiro atoms. The van der Waals surface area contributed by atoms with Gasteiger partial charge in [0.15, 0.2) is 6.61 Å². The third-order valence-electron chi connectivity index (χ3n) is 2.90. The molecule has 1 amide bonds. The number of amides is 1. The molecule has 0 saturated heterocycles. The lowest BCUT2D eigenvalue weighted by molar-refractivity contribution is -0.122. The molecule has 0 bridgehead atoms. The second-order valence-electron chi connectivity index (χ2n) is 4.00. The van der Waals surface area contributed by atoms with Crippen LogP contribution in [0.4, 0.5) is 0 Å². The van der Waals surface area contributed by atoms with Gasteiger partial charge in [-0.15, -0.1) is 0 Å². The van der Waals surface area contributed by atoms with Gasteiger partial charge in [-0.25, -0.2) is 0 Å².